The maximum atomic E-state index is 12.6. The molecule has 2 aliphatic rings. The van der Waals surface area contributed by atoms with Crippen LogP contribution in [-0.4, -0.2) is 80.3 Å². The molecule has 2 aromatic rings. The van der Waals surface area contributed by atoms with Crippen LogP contribution in [0.3, 0.4) is 0 Å². The van der Waals surface area contributed by atoms with Gasteiger partial charge in [-0.15, -0.1) is 0 Å². The van der Waals surface area contributed by atoms with E-state index in [9.17, 15) is 18.0 Å². The number of amides is 3. The van der Waals surface area contributed by atoms with Crippen LogP contribution >= 0.6 is 0 Å². The molecule has 0 aromatic heterocycles. The van der Waals surface area contributed by atoms with Gasteiger partial charge in [-0.25, -0.2) is 13.2 Å². The van der Waals surface area contributed by atoms with Crippen molar-refractivity contribution < 1.29 is 22.7 Å². The predicted octanol–water partition coefficient (Wildman–Crippen LogP) is 2.53. The van der Waals surface area contributed by atoms with Crippen molar-refractivity contribution in [2.45, 2.75) is 30.7 Å². The highest BCUT2D eigenvalue weighted by Gasteiger charge is 2.35. The SMILES string of the molecule is Cc1ccc(OCC(=O)N2CCN(C(=O)Nc3ccc(S(=O)(=O)N(C)C4CC4)cc3)CC2)cc1. The summed E-state index contributed by atoms with van der Waals surface area (Å²) in [4.78, 5) is 28.6. The van der Waals surface area contributed by atoms with Gasteiger partial charge in [0.15, 0.2) is 6.61 Å². The summed E-state index contributed by atoms with van der Waals surface area (Å²) >= 11 is 0. The summed E-state index contributed by atoms with van der Waals surface area (Å²) in [6.07, 6.45) is 1.78. The second-order valence-electron chi connectivity index (χ2n) is 8.68. The van der Waals surface area contributed by atoms with Crippen molar-refractivity contribution in [1.82, 2.24) is 14.1 Å². The molecule has 1 saturated heterocycles. The fraction of sp³-hybridized carbons (Fsp3) is 0.417. The molecule has 34 heavy (non-hydrogen) atoms. The number of carbonyl (C=O) groups excluding carboxylic acids is 2. The number of sulfonamides is 1. The van der Waals surface area contributed by atoms with Crippen LogP contribution < -0.4 is 10.1 Å². The van der Waals surface area contributed by atoms with Crippen molar-refractivity contribution in [3.63, 3.8) is 0 Å². The Labute approximate surface area is 200 Å². The molecule has 1 saturated carbocycles. The van der Waals surface area contributed by atoms with Gasteiger partial charge in [-0.3, -0.25) is 4.79 Å². The molecular weight excluding hydrogens is 456 g/mol. The summed E-state index contributed by atoms with van der Waals surface area (Å²) in [5, 5.41) is 2.80. The molecule has 1 aliphatic heterocycles. The molecule has 182 valence electrons. The number of carbonyl (C=O) groups is 2. The van der Waals surface area contributed by atoms with Crippen molar-refractivity contribution in [3.8, 4) is 5.75 Å². The third kappa shape index (κ3) is 5.68. The smallest absolute Gasteiger partial charge is 0.321 e. The number of benzene rings is 2. The average Bonchev–Trinajstić information content (AvgIpc) is 3.69. The Bertz CT molecular complexity index is 1120. The number of hydrogen-bond donors (Lipinski definition) is 1. The molecule has 2 aromatic carbocycles. The number of nitrogens with zero attached hydrogens (tertiary/aromatic N) is 3. The van der Waals surface area contributed by atoms with Crippen LogP contribution in [0.1, 0.15) is 18.4 Å². The van der Waals surface area contributed by atoms with Crippen molar-refractivity contribution in [3.05, 3.63) is 54.1 Å². The van der Waals surface area contributed by atoms with E-state index in [-0.39, 0.29) is 29.5 Å². The molecule has 0 unspecified atom stereocenters. The lowest BCUT2D eigenvalue weighted by Gasteiger charge is -2.34. The number of aryl methyl sites for hydroxylation is 1. The van der Waals surface area contributed by atoms with E-state index in [4.69, 9.17) is 4.74 Å². The van der Waals surface area contributed by atoms with Crippen molar-refractivity contribution in [1.29, 1.82) is 0 Å². The van der Waals surface area contributed by atoms with Gasteiger partial charge in [0.05, 0.1) is 4.90 Å². The third-order valence-electron chi connectivity index (χ3n) is 6.15. The first-order chi connectivity index (χ1) is 16.2. The highest BCUT2D eigenvalue weighted by molar-refractivity contribution is 7.89. The summed E-state index contributed by atoms with van der Waals surface area (Å²) in [6.45, 7) is 3.60. The van der Waals surface area contributed by atoms with Gasteiger partial charge in [0.1, 0.15) is 5.75 Å². The zero-order valence-corrected chi connectivity index (χ0v) is 20.3. The molecular formula is C24H30N4O5S. The van der Waals surface area contributed by atoms with Gasteiger partial charge in [0, 0.05) is 45.0 Å². The minimum Gasteiger partial charge on any atom is -0.484 e. The molecule has 0 radical (unpaired) electrons. The van der Waals surface area contributed by atoms with Crippen LogP contribution in [0.25, 0.3) is 0 Å². The van der Waals surface area contributed by atoms with E-state index >= 15 is 0 Å². The van der Waals surface area contributed by atoms with Gasteiger partial charge in [0.2, 0.25) is 10.0 Å². The Kier molecular flexibility index (Phi) is 7.08. The number of urea groups is 1. The lowest BCUT2D eigenvalue weighted by molar-refractivity contribution is -0.134. The standard InChI is InChI=1S/C24H30N4O5S/c1-18-3-9-21(10-4-18)33-17-23(29)27-13-15-28(16-14-27)24(30)25-19-5-11-22(12-6-19)34(31,32)26(2)20-7-8-20/h3-6,9-12,20H,7-8,13-17H2,1-2H3,(H,25,30). The average molecular weight is 487 g/mol. The van der Waals surface area contributed by atoms with Gasteiger partial charge < -0.3 is 19.9 Å². The van der Waals surface area contributed by atoms with E-state index in [1.165, 1.54) is 16.4 Å². The first kappa shape index (κ1) is 24.0. The predicted molar refractivity (Wildman–Crippen MR) is 128 cm³/mol. The molecule has 1 aliphatic carbocycles. The fourth-order valence-electron chi connectivity index (χ4n) is 3.74. The van der Waals surface area contributed by atoms with Crippen LogP contribution in [0, 0.1) is 6.92 Å². The maximum absolute atomic E-state index is 12.6. The summed E-state index contributed by atoms with van der Waals surface area (Å²) < 4.78 is 32.2. The third-order valence-corrected chi connectivity index (χ3v) is 8.07. The number of anilines is 1. The second kappa shape index (κ2) is 10.0. The summed E-state index contributed by atoms with van der Waals surface area (Å²) in [6, 6.07) is 13.5. The first-order valence-corrected chi connectivity index (χ1v) is 12.8. The Morgan fingerprint density at radius 3 is 2.15 bits per heavy atom. The monoisotopic (exact) mass is 486 g/mol. The highest BCUT2D eigenvalue weighted by Crippen LogP contribution is 2.30. The van der Waals surface area contributed by atoms with E-state index in [2.05, 4.69) is 5.32 Å². The minimum absolute atomic E-state index is 0.0412. The largest absolute Gasteiger partial charge is 0.484 e. The van der Waals surface area contributed by atoms with Gasteiger partial charge in [0.25, 0.3) is 5.91 Å². The molecule has 4 rings (SSSR count). The molecule has 0 atom stereocenters. The quantitative estimate of drug-likeness (QED) is 0.649. The summed E-state index contributed by atoms with van der Waals surface area (Å²) in [5.41, 5.74) is 1.64. The number of ether oxygens (including phenoxy) is 1. The van der Waals surface area contributed by atoms with E-state index in [0.717, 1.165) is 18.4 Å². The second-order valence-corrected chi connectivity index (χ2v) is 10.7. The number of piperazine rings is 1. The van der Waals surface area contributed by atoms with Crippen LogP contribution in [0.2, 0.25) is 0 Å². The molecule has 1 N–H and O–H groups in total. The normalized spacial score (nSPS) is 16.4. The van der Waals surface area contributed by atoms with Crippen molar-refractivity contribution in [2.24, 2.45) is 0 Å². The van der Waals surface area contributed by atoms with Crippen LogP contribution in [0.15, 0.2) is 53.4 Å². The summed E-state index contributed by atoms with van der Waals surface area (Å²) in [7, 11) is -1.92. The Balaban J connectivity index is 1.24. The van der Waals surface area contributed by atoms with Crippen molar-refractivity contribution in [2.75, 3.05) is 45.2 Å². The molecule has 0 spiro atoms. The highest BCUT2D eigenvalue weighted by atomic mass is 32.2. The number of rotatable bonds is 7. The van der Waals surface area contributed by atoms with Gasteiger partial charge in [-0.1, -0.05) is 17.7 Å². The zero-order valence-electron chi connectivity index (χ0n) is 19.4. The van der Waals surface area contributed by atoms with E-state index < -0.39 is 10.0 Å². The lowest BCUT2D eigenvalue weighted by atomic mass is 10.2. The van der Waals surface area contributed by atoms with Crippen LogP contribution in [0.5, 0.6) is 5.75 Å². The van der Waals surface area contributed by atoms with E-state index in [1.807, 2.05) is 31.2 Å². The van der Waals surface area contributed by atoms with E-state index in [1.54, 1.807) is 29.0 Å². The van der Waals surface area contributed by atoms with Crippen LogP contribution in [0.4, 0.5) is 10.5 Å². The molecule has 0 bridgehead atoms. The molecule has 2 fully saturated rings. The van der Waals surface area contributed by atoms with Crippen molar-refractivity contribution >= 4 is 27.6 Å². The lowest BCUT2D eigenvalue weighted by Crippen LogP contribution is -2.52. The minimum atomic E-state index is -3.52. The number of nitrogens with one attached hydrogen (secondary N) is 1. The molecule has 3 amide bonds. The molecule has 1 heterocycles. The van der Waals surface area contributed by atoms with Gasteiger partial charge in [-0.2, -0.15) is 4.31 Å². The zero-order chi connectivity index (χ0) is 24.3. The topological polar surface area (TPSA) is 99.3 Å². The molecule has 9 nitrogen and oxygen atoms in total. The Morgan fingerprint density at radius 1 is 0.971 bits per heavy atom. The van der Waals surface area contributed by atoms with Gasteiger partial charge in [-0.05, 0) is 56.2 Å². The Morgan fingerprint density at radius 2 is 1.56 bits per heavy atom. The maximum Gasteiger partial charge on any atom is 0.321 e. The van der Waals surface area contributed by atoms with Crippen LogP contribution in [-0.2, 0) is 14.8 Å². The first-order valence-electron chi connectivity index (χ1n) is 11.4. The molecule has 10 heteroatoms. The van der Waals surface area contributed by atoms with E-state index in [0.29, 0.717) is 37.6 Å². The fourth-order valence-corrected chi connectivity index (χ4v) is 5.16. The summed E-state index contributed by atoms with van der Waals surface area (Å²) in [5.74, 6) is 0.531. The van der Waals surface area contributed by atoms with Gasteiger partial charge >= 0.3 is 6.03 Å². The Hall–Kier alpha value is -3.11. The number of hydrogen-bond acceptors (Lipinski definition) is 5.